The van der Waals surface area contributed by atoms with E-state index in [0.717, 1.165) is 18.7 Å². The second-order valence-corrected chi connectivity index (χ2v) is 4.38. The third kappa shape index (κ3) is 3.15. The Labute approximate surface area is 78.5 Å². The van der Waals surface area contributed by atoms with Gasteiger partial charge in [-0.1, -0.05) is 31.5 Å². The Balaban J connectivity index is 2.32. The van der Waals surface area contributed by atoms with Crippen LogP contribution in [0.3, 0.4) is 0 Å². The van der Waals surface area contributed by atoms with Gasteiger partial charge in [0.15, 0.2) is 0 Å². The predicted molar refractivity (Wildman–Crippen MR) is 53.4 cm³/mol. The maximum absolute atomic E-state index is 11.5. The molecule has 12 heavy (non-hydrogen) atoms. The summed E-state index contributed by atoms with van der Waals surface area (Å²) in [5.41, 5.74) is 0. The molecule has 70 valence electrons. The predicted octanol–water partition coefficient (Wildman–Crippen LogP) is 1.80. The lowest BCUT2D eigenvalue weighted by atomic mass is 10.1. The molecule has 0 aliphatic carbocycles. The van der Waals surface area contributed by atoms with Gasteiger partial charge in [0.25, 0.3) is 0 Å². The van der Waals surface area contributed by atoms with Crippen LogP contribution in [0, 0.1) is 0 Å². The van der Waals surface area contributed by atoms with E-state index in [1.54, 1.807) is 0 Å². The van der Waals surface area contributed by atoms with Gasteiger partial charge >= 0.3 is 0 Å². The van der Waals surface area contributed by atoms with Gasteiger partial charge in [0.1, 0.15) is 0 Å². The van der Waals surface area contributed by atoms with E-state index in [1.807, 2.05) is 6.92 Å². The Morgan fingerprint density at radius 3 is 3.08 bits per heavy atom. The monoisotopic (exact) mass is 187 g/mol. The summed E-state index contributed by atoms with van der Waals surface area (Å²) >= 11 is 1.45. The van der Waals surface area contributed by atoms with Crippen LogP contribution in [0.25, 0.3) is 0 Å². The van der Waals surface area contributed by atoms with Crippen molar-refractivity contribution in [3.8, 4) is 0 Å². The van der Waals surface area contributed by atoms with E-state index >= 15 is 0 Å². The molecule has 1 fully saturated rings. The van der Waals surface area contributed by atoms with Crippen molar-refractivity contribution < 1.29 is 4.79 Å². The highest BCUT2D eigenvalue weighted by atomic mass is 32.2. The summed E-state index contributed by atoms with van der Waals surface area (Å²) in [6.07, 6.45) is 4.73. The number of nitrogens with one attached hydrogen (secondary N) is 1. The molecular formula is C9H17NOS. The van der Waals surface area contributed by atoms with Crippen molar-refractivity contribution in [2.75, 3.05) is 12.3 Å². The van der Waals surface area contributed by atoms with Crippen molar-refractivity contribution in [1.82, 2.24) is 5.32 Å². The zero-order chi connectivity index (χ0) is 8.81. The molecule has 3 heteroatoms. The molecule has 0 aromatic rings. The van der Waals surface area contributed by atoms with E-state index < -0.39 is 0 Å². The lowest BCUT2D eigenvalue weighted by Crippen LogP contribution is -2.34. The number of hydrogen-bond acceptors (Lipinski definition) is 3. The van der Waals surface area contributed by atoms with Crippen molar-refractivity contribution in [2.24, 2.45) is 0 Å². The van der Waals surface area contributed by atoms with E-state index in [0.29, 0.717) is 5.12 Å². The zero-order valence-corrected chi connectivity index (χ0v) is 8.45. The summed E-state index contributed by atoms with van der Waals surface area (Å²) in [4.78, 5) is 11.5. The van der Waals surface area contributed by atoms with Crippen LogP contribution in [-0.4, -0.2) is 23.5 Å². The highest BCUT2D eigenvalue weighted by Gasteiger charge is 2.18. The standard InChI is InChI=1S/C9H17NOS/c1-2-12-9(11)8-6-4-3-5-7-10-8/h8,10H,2-7H2,1H3. The normalized spacial score (nSPS) is 24.9. The molecule has 0 amide bonds. The topological polar surface area (TPSA) is 29.1 Å². The summed E-state index contributed by atoms with van der Waals surface area (Å²) in [5.74, 6) is 0.900. The lowest BCUT2D eigenvalue weighted by molar-refractivity contribution is -0.112. The Bertz CT molecular complexity index is 141. The summed E-state index contributed by atoms with van der Waals surface area (Å²) < 4.78 is 0. The third-order valence-corrected chi connectivity index (χ3v) is 2.99. The molecule has 1 aliphatic heterocycles. The quantitative estimate of drug-likeness (QED) is 0.714. The van der Waals surface area contributed by atoms with Crippen LogP contribution in [0.15, 0.2) is 0 Å². The van der Waals surface area contributed by atoms with Gasteiger partial charge < -0.3 is 5.32 Å². The maximum Gasteiger partial charge on any atom is 0.205 e. The van der Waals surface area contributed by atoms with Gasteiger partial charge in [-0.2, -0.15) is 0 Å². The lowest BCUT2D eigenvalue weighted by Gasteiger charge is -2.12. The first-order valence-corrected chi connectivity index (χ1v) is 5.73. The van der Waals surface area contributed by atoms with Crippen molar-refractivity contribution >= 4 is 16.9 Å². The van der Waals surface area contributed by atoms with Crippen LogP contribution in [-0.2, 0) is 4.79 Å². The van der Waals surface area contributed by atoms with E-state index in [-0.39, 0.29) is 6.04 Å². The maximum atomic E-state index is 11.5. The first-order chi connectivity index (χ1) is 5.84. The van der Waals surface area contributed by atoms with Gasteiger partial charge in [-0.25, -0.2) is 0 Å². The molecule has 0 aromatic heterocycles. The minimum atomic E-state index is 0.137. The van der Waals surface area contributed by atoms with Gasteiger partial charge in [-0.15, -0.1) is 0 Å². The fourth-order valence-corrected chi connectivity index (χ4v) is 2.16. The van der Waals surface area contributed by atoms with Gasteiger partial charge in [-0.3, -0.25) is 4.79 Å². The molecule has 2 nitrogen and oxygen atoms in total. The van der Waals surface area contributed by atoms with Crippen molar-refractivity contribution in [3.05, 3.63) is 0 Å². The van der Waals surface area contributed by atoms with E-state index in [1.165, 1.54) is 31.0 Å². The first-order valence-electron chi connectivity index (χ1n) is 4.74. The molecule has 0 spiro atoms. The van der Waals surface area contributed by atoms with E-state index in [4.69, 9.17) is 0 Å². The smallest absolute Gasteiger partial charge is 0.205 e. The van der Waals surface area contributed by atoms with Crippen LogP contribution in [0.2, 0.25) is 0 Å². The number of thioether (sulfide) groups is 1. The minimum absolute atomic E-state index is 0.137. The average molecular weight is 187 g/mol. The number of hydrogen-bond donors (Lipinski definition) is 1. The zero-order valence-electron chi connectivity index (χ0n) is 7.64. The van der Waals surface area contributed by atoms with Crippen LogP contribution in [0.4, 0.5) is 0 Å². The summed E-state index contributed by atoms with van der Waals surface area (Å²) in [5, 5.41) is 3.63. The van der Waals surface area contributed by atoms with Crippen molar-refractivity contribution in [1.29, 1.82) is 0 Å². The molecular weight excluding hydrogens is 170 g/mol. The van der Waals surface area contributed by atoms with E-state index in [2.05, 4.69) is 5.32 Å². The summed E-state index contributed by atoms with van der Waals surface area (Å²) in [7, 11) is 0. The van der Waals surface area contributed by atoms with Gasteiger partial charge in [-0.05, 0) is 25.1 Å². The molecule has 1 aliphatic rings. The molecule has 1 unspecified atom stereocenters. The Hall–Kier alpha value is -0.0200. The minimum Gasteiger partial charge on any atom is -0.307 e. The average Bonchev–Trinajstić information content (AvgIpc) is 2.32. The summed E-state index contributed by atoms with van der Waals surface area (Å²) in [6, 6.07) is 0.137. The van der Waals surface area contributed by atoms with Gasteiger partial charge in [0.2, 0.25) is 5.12 Å². The van der Waals surface area contributed by atoms with E-state index in [9.17, 15) is 4.79 Å². The van der Waals surface area contributed by atoms with Crippen LogP contribution >= 0.6 is 11.8 Å². The number of rotatable bonds is 2. The van der Waals surface area contributed by atoms with Crippen LogP contribution in [0.5, 0.6) is 0 Å². The molecule has 1 rings (SSSR count). The van der Waals surface area contributed by atoms with Crippen molar-refractivity contribution in [3.63, 3.8) is 0 Å². The van der Waals surface area contributed by atoms with Crippen LogP contribution < -0.4 is 5.32 Å². The SMILES string of the molecule is CCSC(=O)C1CCCCCN1. The number of carbonyl (C=O) groups is 1. The molecule has 1 heterocycles. The second-order valence-electron chi connectivity index (χ2n) is 3.11. The molecule has 0 radical (unpaired) electrons. The van der Waals surface area contributed by atoms with Gasteiger partial charge in [0.05, 0.1) is 6.04 Å². The Morgan fingerprint density at radius 1 is 1.50 bits per heavy atom. The molecule has 0 aromatic carbocycles. The molecule has 1 atom stereocenters. The fraction of sp³-hybridized carbons (Fsp3) is 0.889. The highest BCUT2D eigenvalue weighted by Crippen LogP contribution is 2.14. The first kappa shape index (κ1) is 10.1. The largest absolute Gasteiger partial charge is 0.307 e. The molecule has 0 bridgehead atoms. The van der Waals surface area contributed by atoms with Crippen molar-refractivity contribution in [2.45, 2.75) is 38.6 Å². The van der Waals surface area contributed by atoms with Gasteiger partial charge in [0, 0.05) is 0 Å². The summed E-state index contributed by atoms with van der Waals surface area (Å²) in [6.45, 7) is 3.04. The Kier molecular flexibility index (Phi) is 4.69. The molecule has 0 saturated carbocycles. The second kappa shape index (κ2) is 5.60. The fourth-order valence-electron chi connectivity index (χ4n) is 1.47. The third-order valence-electron chi connectivity index (χ3n) is 2.13. The Morgan fingerprint density at radius 2 is 2.33 bits per heavy atom. The molecule has 1 N–H and O–H groups in total. The number of carbonyl (C=O) groups excluding carboxylic acids is 1. The molecule has 1 saturated heterocycles. The van der Waals surface area contributed by atoms with Crippen LogP contribution in [0.1, 0.15) is 32.6 Å². The highest BCUT2D eigenvalue weighted by molar-refractivity contribution is 8.13.